The Morgan fingerprint density at radius 2 is 1.44 bits per heavy atom. The molecule has 36 heavy (non-hydrogen) atoms. The molecule has 0 spiro atoms. The third-order valence-corrected chi connectivity index (χ3v) is 7.35. The van der Waals surface area contributed by atoms with Crippen molar-refractivity contribution >= 4 is 11.8 Å². The molecule has 3 aromatic rings. The van der Waals surface area contributed by atoms with Crippen LogP contribution >= 0.6 is 0 Å². The fourth-order valence-electron chi connectivity index (χ4n) is 5.07. The van der Waals surface area contributed by atoms with Gasteiger partial charge in [0.2, 0.25) is 11.8 Å². The lowest BCUT2D eigenvalue weighted by Gasteiger charge is -2.33. The van der Waals surface area contributed by atoms with E-state index in [0.717, 1.165) is 42.4 Å². The molecule has 1 saturated carbocycles. The molecular formula is C32H38N2O2. The van der Waals surface area contributed by atoms with E-state index >= 15 is 0 Å². The van der Waals surface area contributed by atoms with Gasteiger partial charge in [-0.05, 0) is 54.5 Å². The van der Waals surface area contributed by atoms with Crippen molar-refractivity contribution in [3.63, 3.8) is 0 Å². The first-order chi connectivity index (χ1) is 17.5. The van der Waals surface area contributed by atoms with Gasteiger partial charge >= 0.3 is 0 Å². The van der Waals surface area contributed by atoms with Crippen molar-refractivity contribution in [1.29, 1.82) is 0 Å². The maximum atomic E-state index is 13.9. The van der Waals surface area contributed by atoms with Gasteiger partial charge in [-0.2, -0.15) is 0 Å². The second-order valence-corrected chi connectivity index (χ2v) is 10.2. The zero-order chi connectivity index (χ0) is 25.3. The van der Waals surface area contributed by atoms with Crippen molar-refractivity contribution in [2.75, 3.05) is 0 Å². The zero-order valence-electron chi connectivity index (χ0n) is 21.6. The number of carbonyl (C=O) groups excluding carboxylic acids is 2. The molecule has 1 N–H and O–H groups in total. The number of hydrogen-bond donors (Lipinski definition) is 1. The molecule has 1 unspecified atom stereocenters. The predicted octanol–water partition coefficient (Wildman–Crippen LogP) is 5.93. The van der Waals surface area contributed by atoms with Crippen LogP contribution in [0.2, 0.25) is 0 Å². The molecular weight excluding hydrogens is 444 g/mol. The molecule has 1 fully saturated rings. The fourth-order valence-corrected chi connectivity index (χ4v) is 5.07. The Bertz CT molecular complexity index is 1140. The molecule has 188 valence electrons. The van der Waals surface area contributed by atoms with Crippen LogP contribution in [0.15, 0.2) is 78.9 Å². The highest BCUT2D eigenvalue weighted by molar-refractivity contribution is 5.89. The van der Waals surface area contributed by atoms with E-state index < -0.39 is 6.04 Å². The van der Waals surface area contributed by atoms with Crippen molar-refractivity contribution in [3.8, 4) is 0 Å². The second-order valence-electron chi connectivity index (χ2n) is 10.2. The summed E-state index contributed by atoms with van der Waals surface area (Å²) >= 11 is 0. The van der Waals surface area contributed by atoms with Gasteiger partial charge in [-0.25, -0.2) is 0 Å². The first-order valence-corrected chi connectivity index (χ1v) is 13.2. The molecule has 2 amide bonds. The molecule has 0 heterocycles. The molecule has 0 aromatic heterocycles. The quantitative estimate of drug-likeness (QED) is 0.411. The van der Waals surface area contributed by atoms with Crippen molar-refractivity contribution < 1.29 is 9.59 Å². The molecule has 0 bridgehead atoms. The molecule has 4 nitrogen and oxygen atoms in total. The second kappa shape index (κ2) is 12.5. The number of hydrogen-bond acceptors (Lipinski definition) is 2. The van der Waals surface area contributed by atoms with Crippen LogP contribution in [0.25, 0.3) is 0 Å². The topological polar surface area (TPSA) is 49.4 Å². The van der Waals surface area contributed by atoms with Crippen molar-refractivity contribution in [1.82, 2.24) is 10.2 Å². The molecule has 0 radical (unpaired) electrons. The summed E-state index contributed by atoms with van der Waals surface area (Å²) in [5.74, 6) is -0.0723. The minimum atomic E-state index is -0.575. The van der Waals surface area contributed by atoms with Crippen LogP contribution < -0.4 is 5.32 Å². The number of amides is 2. The number of aryl methyl sites for hydroxylation is 2. The summed E-state index contributed by atoms with van der Waals surface area (Å²) in [7, 11) is 0. The van der Waals surface area contributed by atoms with Gasteiger partial charge in [0, 0.05) is 19.0 Å². The predicted molar refractivity (Wildman–Crippen MR) is 146 cm³/mol. The molecule has 1 aliphatic rings. The van der Waals surface area contributed by atoms with E-state index in [1.807, 2.05) is 66.7 Å². The largest absolute Gasteiger partial charge is 0.352 e. The Balaban J connectivity index is 1.64. The van der Waals surface area contributed by atoms with Gasteiger partial charge in [-0.15, -0.1) is 0 Å². The smallest absolute Gasteiger partial charge is 0.243 e. The van der Waals surface area contributed by atoms with Gasteiger partial charge in [0.25, 0.3) is 0 Å². The molecule has 3 aromatic carbocycles. The van der Waals surface area contributed by atoms with Crippen LogP contribution in [0.1, 0.15) is 59.9 Å². The average molecular weight is 483 g/mol. The molecule has 0 aliphatic heterocycles. The first kappa shape index (κ1) is 25.7. The van der Waals surface area contributed by atoms with E-state index in [1.165, 1.54) is 17.5 Å². The lowest BCUT2D eigenvalue weighted by atomic mass is 9.94. The summed E-state index contributed by atoms with van der Waals surface area (Å²) in [4.78, 5) is 29.5. The standard InChI is InChI=1S/C32H38N2O2/c1-24-18-19-28(20-25(24)2)22-31(35)34(23-27-14-8-4-9-15-27)30(21-26-12-6-3-7-13-26)32(36)33-29-16-10-5-11-17-29/h3-4,6-9,12-15,18-20,29-30H,5,10-11,16-17,21-23H2,1-2H3,(H,33,36). The Kier molecular flexibility index (Phi) is 8.94. The number of rotatable bonds is 9. The van der Waals surface area contributed by atoms with E-state index in [9.17, 15) is 9.59 Å². The lowest BCUT2D eigenvalue weighted by Crippen LogP contribution is -2.53. The van der Waals surface area contributed by atoms with Crippen LogP contribution in [-0.2, 0) is 29.0 Å². The summed E-state index contributed by atoms with van der Waals surface area (Å²) in [5.41, 5.74) is 5.44. The van der Waals surface area contributed by atoms with Crippen LogP contribution in [0.3, 0.4) is 0 Å². The van der Waals surface area contributed by atoms with Gasteiger partial charge in [-0.1, -0.05) is 98.1 Å². The lowest BCUT2D eigenvalue weighted by molar-refractivity contribution is -0.141. The third kappa shape index (κ3) is 7.07. The van der Waals surface area contributed by atoms with E-state index in [-0.39, 0.29) is 24.3 Å². The van der Waals surface area contributed by atoms with Crippen LogP contribution in [-0.4, -0.2) is 28.8 Å². The summed E-state index contributed by atoms with van der Waals surface area (Å²) in [6, 6.07) is 25.8. The summed E-state index contributed by atoms with van der Waals surface area (Å²) < 4.78 is 0. The van der Waals surface area contributed by atoms with Crippen LogP contribution in [0.4, 0.5) is 0 Å². The van der Waals surface area contributed by atoms with E-state index in [0.29, 0.717) is 13.0 Å². The Hall–Kier alpha value is -3.40. The van der Waals surface area contributed by atoms with E-state index in [2.05, 4.69) is 31.3 Å². The fraction of sp³-hybridized carbons (Fsp3) is 0.375. The minimum absolute atomic E-state index is 0.0261. The Morgan fingerprint density at radius 3 is 2.08 bits per heavy atom. The normalized spacial score (nSPS) is 14.7. The van der Waals surface area contributed by atoms with Gasteiger partial charge in [-0.3, -0.25) is 9.59 Å². The SMILES string of the molecule is Cc1ccc(CC(=O)N(Cc2ccccc2)C(Cc2ccccc2)C(=O)NC2CCCCC2)cc1C. The van der Waals surface area contributed by atoms with Crippen molar-refractivity contribution in [3.05, 3.63) is 107 Å². The van der Waals surface area contributed by atoms with E-state index in [4.69, 9.17) is 0 Å². The number of nitrogens with one attached hydrogen (secondary N) is 1. The number of nitrogens with zero attached hydrogens (tertiary/aromatic N) is 1. The Morgan fingerprint density at radius 1 is 0.806 bits per heavy atom. The van der Waals surface area contributed by atoms with Crippen molar-refractivity contribution in [2.24, 2.45) is 0 Å². The van der Waals surface area contributed by atoms with Crippen molar-refractivity contribution in [2.45, 2.75) is 77.4 Å². The van der Waals surface area contributed by atoms with Gasteiger partial charge in [0.15, 0.2) is 0 Å². The monoisotopic (exact) mass is 482 g/mol. The summed E-state index contributed by atoms with van der Waals surface area (Å²) in [5, 5.41) is 3.31. The maximum absolute atomic E-state index is 13.9. The van der Waals surface area contributed by atoms with Gasteiger partial charge in [0.05, 0.1) is 6.42 Å². The molecule has 4 rings (SSSR count). The Labute approximate surface area is 215 Å². The van der Waals surface area contributed by atoms with Crippen LogP contribution in [0.5, 0.6) is 0 Å². The number of carbonyl (C=O) groups is 2. The van der Waals surface area contributed by atoms with Crippen LogP contribution in [0, 0.1) is 13.8 Å². The number of benzene rings is 3. The van der Waals surface area contributed by atoms with E-state index in [1.54, 1.807) is 4.90 Å². The summed E-state index contributed by atoms with van der Waals surface area (Å²) in [6.45, 7) is 4.55. The average Bonchev–Trinajstić information content (AvgIpc) is 2.90. The highest BCUT2D eigenvalue weighted by Gasteiger charge is 2.32. The first-order valence-electron chi connectivity index (χ1n) is 13.2. The minimum Gasteiger partial charge on any atom is -0.352 e. The maximum Gasteiger partial charge on any atom is 0.243 e. The highest BCUT2D eigenvalue weighted by Crippen LogP contribution is 2.21. The van der Waals surface area contributed by atoms with Gasteiger partial charge < -0.3 is 10.2 Å². The zero-order valence-corrected chi connectivity index (χ0v) is 21.6. The van der Waals surface area contributed by atoms with Gasteiger partial charge in [0.1, 0.15) is 6.04 Å². The third-order valence-electron chi connectivity index (χ3n) is 7.35. The molecule has 0 saturated heterocycles. The molecule has 4 heteroatoms. The summed E-state index contributed by atoms with van der Waals surface area (Å²) in [6.07, 6.45) is 6.31. The molecule has 1 aliphatic carbocycles. The highest BCUT2D eigenvalue weighted by atomic mass is 16.2. The molecule has 1 atom stereocenters.